The topological polar surface area (TPSA) is 53.2 Å². The first-order valence-corrected chi connectivity index (χ1v) is 6.59. The first kappa shape index (κ1) is 12.9. The van der Waals surface area contributed by atoms with Crippen LogP contribution in [0.5, 0.6) is 0 Å². The fourth-order valence-electron chi connectivity index (χ4n) is 2.33. The monoisotopic (exact) mass is 247 g/mol. The second-order valence-corrected chi connectivity index (χ2v) is 4.81. The average molecular weight is 247 g/mol. The fourth-order valence-corrected chi connectivity index (χ4v) is 2.33. The Morgan fingerprint density at radius 3 is 2.50 bits per heavy atom. The molecule has 0 bridgehead atoms. The molecule has 0 spiro atoms. The first-order valence-electron chi connectivity index (χ1n) is 6.59. The lowest BCUT2D eigenvalue weighted by Gasteiger charge is -2.13. The molecule has 4 heteroatoms. The number of amides is 2. The van der Waals surface area contributed by atoms with Crippen LogP contribution in [0.2, 0.25) is 0 Å². The van der Waals surface area contributed by atoms with E-state index < -0.39 is 0 Å². The van der Waals surface area contributed by atoms with Crippen molar-refractivity contribution in [3.05, 3.63) is 29.8 Å². The maximum atomic E-state index is 11.7. The highest BCUT2D eigenvalue weighted by molar-refractivity contribution is 5.89. The normalized spacial score (nSPS) is 15.6. The lowest BCUT2D eigenvalue weighted by atomic mass is 10.2. The largest absolute Gasteiger partial charge is 0.335 e. The maximum Gasteiger partial charge on any atom is 0.319 e. The number of hydrogen-bond acceptors (Lipinski definition) is 2. The fraction of sp³-hybridized carbons (Fsp3) is 0.500. The van der Waals surface area contributed by atoms with Crippen LogP contribution in [0.25, 0.3) is 0 Å². The summed E-state index contributed by atoms with van der Waals surface area (Å²) in [4.78, 5) is 11.7. The van der Waals surface area contributed by atoms with E-state index in [0.717, 1.165) is 25.1 Å². The van der Waals surface area contributed by atoms with Gasteiger partial charge in [-0.05, 0) is 37.6 Å². The third kappa shape index (κ3) is 3.74. The number of carbonyl (C=O) groups is 1. The zero-order valence-electron chi connectivity index (χ0n) is 10.8. The highest BCUT2D eigenvalue weighted by atomic mass is 16.2. The van der Waals surface area contributed by atoms with Crippen molar-refractivity contribution in [3.8, 4) is 0 Å². The molecule has 1 aromatic rings. The minimum Gasteiger partial charge on any atom is -0.335 e. The van der Waals surface area contributed by atoms with Crippen LogP contribution in [0.4, 0.5) is 10.5 Å². The zero-order valence-corrected chi connectivity index (χ0v) is 10.8. The third-order valence-electron chi connectivity index (χ3n) is 3.28. The minimum atomic E-state index is -0.0942. The molecule has 3 N–H and O–H groups in total. The third-order valence-corrected chi connectivity index (χ3v) is 3.28. The molecule has 1 saturated carbocycles. The van der Waals surface area contributed by atoms with Crippen molar-refractivity contribution in [3.63, 3.8) is 0 Å². The van der Waals surface area contributed by atoms with Crippen LogP contribution in [-0.4, -0.2) is 19.1 Å². The molecule has 1 aliphatic carbocycles. The van der Waals surface area contributed by atoms with Crippen LogP contribution in [-0.2, 0) is 6.54 Å². The summed E-state index contributed by atoms with van der Waals surface area (Å²) in [5, 5.41) is 8.97. The van der Waals surface area contributed by atoms with Gasteiger partial charge in [-0.1, -0.05) is 25.0 Å². The van der Waals surface area contributed by atoms with E-state index in [1.807, 2.05) is 31.3 Å². The van der Waals surface area contributed by atoms with E-state index >= 15 is 0 Å². The minimum absolute atomic E-state index is 0.0942. The number of benzene rings is 1. The number of hydrogen-bond donors (Lipinski definition) is 3. The van der Waals surface area contributed by atoms with Crippen LogP contribution in [0.15, 0.2) is 24.3 Å². The van der Waals surface area contributed by atoms with E-state index in [1.165, 1.54) is 18.4 Å². The first-order chi connectivity index (χ1) is 8.78. The molecule has 1 fully saturated rings. The molecular formula is C14H21N3O. The Bertz CT molecular complexity index is 383. The second-order valence-electron chi connectivity index (χ2n) is 4.81. The molecule has 1 aromatic carbocycles. The summed E-state index contributed by atoms with van der Waals surface area (Å²) in [5.41, 5.74) is 2.05. The van der Waals surface area contributed by atoms with Gasteiger partial charge in [-0.2, -0.15) is 0 Å². The van der Waals surface area contributed by atoms with Crippen LogP contribution in [0.1, 0.15) is 31.2 Å². The number of urea groups is 1. The van der Waals surface area contributed by atoms with Gasteiger partial charge in [0.05, 0.1) is 0 Å². The van der Waals surface area contributed by atoms with E-state index in [2.05, 4.69) is 16.0 Å². The van der Waals surface area contributed by atoms with Crippen LogP contribution >= 0.6 is 0 Å². The van der Waals surface area contributed by atoms with E-state index in [9.17, 15) is 4.79 Å². The van der Waals surface area contributed by atoms with Crippen LogP contribution < -0.4 is 16.0 Å². The van der Waals surface area contributed by atoms with Gasteiger partial charge in [0, 0.05) is 18.3 Å². The van der Waals surface area contributed by atoms with Gasteiger partial charge in [0.2, 0.25) is 0 Å². The summed E-state index contributed by atoms with van der Waals surface area (Å²) < 4.78 is 0. The molecule has 0 unspecified atom stereocenters. The van der Waals surface area contributed by atoms with Crippen molar-refractivity contribution < 1.29 is 4.79 Å². The predicted molar refractivity (Wildman–Crippen MR) is 73.6 cm³/mol. The summed E-state index contributed by atoms with van der Waals surface area (Å²) in [5.74, 6) is 0. The molecule has 0 saturated heterocycles. The quantitative estimate of drug-likeness (QED) is 0.765. The Morgan fingerprint density at radius 2 is 1.89 bits per heavy atom. The molecule has 2 amide bonds. The van der Waals surface area contributed by atoms with Gasteiger partial charge in [0.25, 0.3) is 0 Å². The summed E-state index contributed by atoms with van der Waals surface area (Å²) >= 11 is 0. The summed E-state index contributed by atoms with van der Waals surface area (Å²) in [6, 6.07) is 8.15. The maximum absolute atomic E-state index is 11.7. The molecule has 0 aliphatic heterocycles. The lowest BCUT2D eigenvalue weighted by Crippen LogP contribution is -2.36. The summed E-state index contributed by atoms with van der Waals surface area (Å²) in [7, 11) is 1.92. The van der Waals surface area contributed by atoms with Gasteiger partial charge >= 0.3 is 6.03 Å². The zero-order chi connectivity index (χ0) is 12.8. The molecule has 0 radical (unpaired) electrons. The van der Waals surface area contributed by atoms with Gasteiger partial charge in [-0.25, -0.2) is 4.79 Å². The van der Waals surface area contributed by atoms with Crippen LogP contribution in [0.3, 0.4) is 0 Å². The molecule has 98 valence electrons. The van der Waals surface area contributed by atoms with Crippen molar-refractivity contribution >= 4 is 11.7 Å². The molecule has 1 aliphatic rings. The Hall–Kier alpha value is -1.55. The SMILES string of the molecule is CNCc1ccc(NC(=O)NC2CCCC2)cc1. The van der Waals surface area contributed by atoms with Gasteiger partial charge in [-0.3, -0.25) is 0 Å². The number of carbonyl (C=O) groups excluding carboxylic acids is 1. The Kier molecular flexibility index (Phi) is 4.59. The average Bonchev–Trinajstić information content (AvgIpc) is 2.84. The Labute approximate surface area is 108 Å². The van der Waals surface area contributed by atoms with Crippen molar-refractivity contribution in [2.24, 2.45) is 0 Å². The summed E-state index contributed by atoms with van der Waals surface area (Å²) in [6.07, 6.45) is 4.66. The van der Waals surface area contributed by atoms with Crippen molar-refractivity contribution in [2.45, 2.75) is 38.3 Å². The number of anilines is 1. The second kappa shape index (κ2) is 6.40. The molecule has 2 rings (SSSR count). The molecule has 18 heavy (non-hydrogen) atoms. The van der Waals surface area contributed by atoms with Crippen molar-refractivity contribution in [1.29, 1.82) is 0 Å². The molecule has 4 nitrogen and oxygen atoms in total. The Morgan fingerprint density at radius 1 is 1.22 bits per heavy atom. The van der Waals surface area contributed by atoms with Crippen molar-refractivity contribution in [1.82, 2.24) is 10.6 Å². The molecule has 0 atom stereocenters. The van der Waals surface area contributed by atoms with Gasteiger partial charge in [-0.15, -0.1) is 0 Å². The van der Waals surface area contributed by atoms with E-state index in [0.29, 0.717) is 6.04 Å². The van der Waals surface area contributed by atoms with Crippen LogP contribution in [0, 0.1) is 0 Å². The molecule has 0 heterocycles. The number of rotatable bonds is 4. The highest BCUT2D eigenvalue weighted by Crippen LogP contribution is 2.17. The molecular weight excluding hydrogens is 226 g/mol. The van der Waals surface area contributed by atoms with E-state index in [-0.39, 0.29) is 6.03 Å². The smallest absolute Gasteiger partial charge is 0.319 e. The predicted octanol–water partition coefficient (Wildman–Crippen LogP) is 2.47. The van der Waals surface area contributed by atoms with E-state index in [4.69, 9.17) is 0 Å². The van der Waals surface area contributed by atoms with Crippen molar-refractivity contribution in [2.75, 3.05) is 12.4 Å². The highest BCUT2D eigenvalue weighted by Gasteiger charge is 2.16. The van der Waals surface area contributed by atoms with Gasteiger partial charge in [0.15, 0.2) is 0 Å². The number of nitrogens with one attached hydrogen (secondary N) is 3. The standard InChI is InChI=1S/C14H21N3O/c1-15-10-11-6-8-13(9-7-11)17-14(18)16-12-4-2-3-5-12/h6-9,12,15H,2-5,10H2,1H3,(H2,16,17,18). The van der Waals surface area contributed by atoms with Gasteiger partial charge < -0.3 is 16.0 Å². The molecule has 0 aromatic heterocycles. The van der Waals surface area contributed by atoms with E-state index in [1.54, 1.807) is 0 Å². The Balaban J connectivity index is 1.82. The lowest BCUT2D eigenvalue weighted by molar-refractivity contribution is 0.248. The summed E-state index contributed by atoms with van der Waals surface area (Å²) in [6.45, 7) is 0.842. The van der Waals surface area contributed by atoms with Gasteiger partial charge in [0.1, 0.15) is 0 Å².